The van der Waals surface area contributed by atoms with Crippen molar-refractivity contribution in [1.82, 2.24) is 4.90 Å². The molecule has 3 aliphatic heterocycles. The molecule has 0 aliphatic carbocycles. The fraction of sp³-hybridized carbons (Fsp3) is 0.895. The molecule has 3 heterocycles. The van der Waals surface area contributed by atoms with Crippen molar-refractivity contribution in [2.24, 2.45) is 11.8 Å². The van der Waals surface area contributed by atoms with Crippen LogP contribution < -0.4 is 0 Å². The van der Waals surface area contributed by atoms with E-state index >= 15 is 0 Å². The molecule has 3 rings (SSSR count). The summed E-state index contributed by atoms with van der Waals surface area (Å²) in [7, 11) is 0. The first kappa shape index (κ1) is 19.6. The van der Waals surface area contributed by atoms with Gasteiger partial charge in [0, 0.05) is 26.3 Å². The highest BCUT2D eigenvalue weighted by molar-refractivity contribution is 5.80. The lowest BCUT2D eigenvalue weighted by atomic mass is 9.84. The van der Waals surface area contributed by atoms with Crippen LogP contribution in [0.1, 0.15) is 45.4 Å². The molecule has 148 valence electrons. The van der Waals surface area contributed by atoms with Gasteiger partial charge < -0.3 is 24.2 Å². The Morgan fingerprint density at radius 1 is 1.12 bits per heavy atom. The van der Waals surface area contributed by atoms with E-state index < -0.39 is 18.0 Å². The molecule has 0 aromatic carbocycles. The number of nitrogens with zero attached hydrogens (tertiary/aromatic N) is 1. The number of carbonyl (C=O) groups is 2. The van der Waals surface area contributed by atoms with Gasteiger partial charge in [0.2, 0.25) is 0 Å². The molecule has 3 fully saturated rings. The van der Waals surface area contributed by atoms with Gasteiger partial charge in [0.05, 0.1) is 24.7 Å². The van der Waals surface area contributed by atoms with Crippen LogP contribution >= 0.6 is 0 Å². The zero-order valence-electron chi connectivity index (χ0n) is 15.6. The molecule has 3 saturated heterocycles. The Labute approximate surface area is 155 Å². The Morgan fingerprint density at radius 3 is 2.54 bits per heavy atom. The zero-order valence-corrected chi connectivity index (χ0v) is 15.6. The van der Waals surface area contributed by atoms with E-state index in [1.807, 2.05) is 4.90 Å². The van der Waals surface area contributed by atoms with Crippen LogP contribution in [-0.4, -0.2) is 73.1 Å². The Morgan fingerprint density at radius 2 is 1.88 bits per heavy atom. The van der Waals surface area contributed by atoms with Crippen LogP contribution in [0.15, 0.2) is 0 Å². The van der Waals surface area contributed by atoms with Gasteiger partial charge in [-0.15, -0.1) is 0 Å². The third-order valence-corrected chi connectivity index (χ3v) is 5.92. The van der Waals surface area contributed by atoms with Crippen LogP contribution in [0, 0.1) is 11.8 Å². The minimum atomic E-state index is -0.766. The second-order valence-electron chi connectivity index (χ2n) is 7.70. The van der Waals surface area contributed by atoms with E-state index in [1.165, 1.54) is 0 Å². The lowest BCUT2D eigenvalue weighted by molar-refractivity contribution is -0.150. The second kappa shape index (κ2) is 9.15. The number of hydrogen-bond donors (Lipinski definition) is 1. The minimum absolute atomic E-state index is 0.0152. The molecule has 4 atom stereocenters. The van der Waals surface area contributed by atoms with E-state index in [2.05, 4.69) is 0 Å². The summed E-state index contributed by atoms with van der Waals surface area (Å²) in [6.07, 6.45) is 4.87. The normalized spacial score (nSPS) is 31.7. The van der Waals surface area contributed by atoms with Crippen LogP contribution in [-0.2, 0) is 23.8 Å². The van der Waals surface area contributed by atoms with E-state index in [4.69, 9.17) is 14.2 Å². The molecule has 1 amide bonds. The molecule has 0 bridgehead atoms. The summed E-state index contributed by atoms with van der Waals surface area (Å²) >= 11 is 0. The van der Waals surface area contributed by atoms with E-state index in [9.17, 15) is 14.7 Å². The van der Waals surface area contributed by atoms with Crippen molar-refractivity contribution in [3.05, 3.63) is 0 Å². The van der Waals surface area contributed by atoms with Gasteiger partial charge in [-0.1, -0.05) is 0 Å². The third kappa shape index (κ3) is 4.75. The summed E-state index contributed by atoms with van der Waals surface area (Å²) in [5.74, 6) is -0.936. The molecule has 0 aromatic rings. The average Bonchev–Trinajstić information content (AvgIpc) is 3.16. The van der Waals surface area contributed by atoms with Gasteiger partial charge >= 0.3 is 5.97 Å². The summed E-state index contributed by atoms with van der Waals surface area (Å²) in [5.41, 5.74) is 0. The van der Waals surface area contributed by atoms with E-state index in [-0.39, 0.29) is 24.0 Å². The summed E-state index contributed by atoms with van der Waals surface area (Å²) < 4.78 is 17.1. The number of carboxylic acid groups (broad SMARTS) is 1. The zero-order chi connectivity index (χ0) is 18.5. The Kier molecular flexibility index (Phi) is 6.89. The predicted octanol–water partition coefficient (Wildman–Crippen LogP) is 1.69. The number of carbonyl (C=O) groups excluding carboxylic acids is 1. The van der Waals surface area contributed by atoms with Gasteiger partial charge in [0.25, 0.3) is 5.91 Å². The second-order valence-corrected chi connectivity index (χ2v) is 7.70. The molecule has 3 unspecified atom stereocenters. The lowest BCUT2D eigenvalue weighted by Gasteiger charge is -2.36. The maximum absolute atomic E-state index is 12.6. The lowest BCUT2D eigenvalue weighted by Crippen LogP contribution is -2.47. The van der Waals surface area contributed by atoms with Gasteiger partial charge in [0.1, 0.15) is 6.10 Å². The van der Waals surface area contributed by atoms with Crippen LogP contribution in [0.3, 0.4) is 0 Å². The van der Waals surface area contributed by atoms with Crippen molar-refractivity contribution in [1.29, 1.82) is 0 Å². The molecular formula is C19H31NO6. The number of carboxylic acids is 1. The molecule has 0 radical (unpaired) electrons. The molecule has 7 heteroatoms. The van der Waals surface area contributed by atoms with E-state index in [1.54, 1.807) is 6.92 Å². The average molecular weight is 369 g/mol. The Bertz CT molecular complexity index is 484. The standard InChI is InChI=1S/C19H31NO6/c1-13(26-12-15-4-2-3-10-24-15)18(21)20-8-5-14(6-9-20)17-16(19(22)23)7-11-25-17/h13-17H,2-12H2,1H3,(H,22,23)/t13?,15?,16?,17-/m0/s1. The smallest absolute Gasteiger partial charge is 0.309 e. The van der Waals surface area contributed by atoms with Crippen LogP contribution in [0.25, 0.3) is 0 Å². The van der Waals surface area contributed by atoms with E-state index in [0.717, 1.165) is 38.7 Å². The highest BCUT2D eigenvalue weighted by atomic mass is 16.5. The highest BCUT2D eigenvalue weighted by Gasteiger charge is 2.41. The monoisotopic (exact) mass is 369 g/mol. The van der Waals surface area contributed by atoms with Gasteiger partial charge in [-0.2, -0.15) is 0 Å². The topological polar surface area (TPSA) is 85.3 Å². The number of likely N-dealkylation sites (tertiary alicyclic amines) is 1. The van der Waals surface area contributed by atoms with Gasteiger partial charge in [-0.3, -0.25) is 9.59 Å². The molecule has 26 heavy (non-hydrogen) atoms. The van der Waals surface area contributed by atoms with E-state index in [0.29, 0.717) is 32.7 Å². The number of piperidine rings is 1. The first-order valence-corrected chi connectivity index (χ1v) is 9.92. The number of hydrogen-bond acceptors (Lipinski definition) is 5. The summed E-state index contributed by atoms with van der Waals surface area (Å²) in [6.45, 7) is 4.86. The van der Waals surface area contributed by atoms with Gasteiger partial charge in [-0.05, 0) is 51.4 Å². The third-order valence-electron chi connectivity index (χ3n) is 5.92. The first-order valence-electron chi connectivity index (χ1n) is 9.92. The number of amides is 1. The van der Waals surface area contributed by atoms with Crippen molar-refractivity contribution in [3.63, 3.8) is 0 Å². The first-order chi connectivity index (χ1) is 12.6. The molecule has 1 N–H and O–H groups in total. The summed E-state index contributed by atoms with van der Waals surface area (Å²) in [4.78, 5) is 25.8. The number of ether oxygens (including phenoxy) is 3. The molecule has 3 aliphatic rings. The number of aliphatic carboxylic acids is 1. The van der Waals surface area contributed by atoms with Gasteiger partial charge in [-0.25, -0.2) is 0 Å². The minimum Gasteiger partial charge on any atom is -0.481 e. The molecule has 0 saturated carbocycles. The summed E-state index contributed by atoms with van der Waals surface area (Å²) in [5, 5.41) is 9.32. The molecule has 0 spiro atoms. The predicted molar refractivity (Wildman–Crippen MR) is 93.8 cm³/mol. The maximum Gasteiger partial charge on any atom is 0.309 e. The highest BCUT2D eigenvalue weighted by Crippen LogP contribution is 2.33. The Balaban J connectivity index is 1.42. The SMILES string of the molecule is CC(OCC1CCCCO1)C(=O)N1CCC([C@@H]2OCCC2C(=O)O)CC1. The Hall–Kier alpha value is -1.18. The quantitative estimate of drug-likeness (QED) is 0.767. The summed E-state index contributed by atoms with van der Waals surface area (Å²) in [6, 6.07) is 0. The molecule has 0 aromatic heterocycles. The fourth-order valence-corrected chi connectivity index (χ4v) is 4.31. The van der Waals surface area contributed by atoms with Crippen LogP contribution in [0.2, 0.25) is 0 Å². The molecule has 7 nitrogen and oxygen atoms in total. The van der Waals surface area contributed by atoms with Crippen LogP contribution in [0.4, 0.5) is 0 Å². The maximum atomic E-state index is 12.6. The molecular weight excluding hydrogens is 338 g/mol. The van der Waals surface area contributed by atoms with Crippen molar-refractivity contribution in [2.45, 2.75) is 63.8 Å². The van der Waals surface area contributed by atoms with Crippen molar-refractivity contribution in [3.8, 4) is 0 Å². The van der Waals surface area contributed by atoms with Crippen LogP contribution in [0.5, 0.6) is 0 Å². The fourth-order valence-electron chi connectivity index (χ4n) is 4.31. The van der Waals surface area contributed by atoms with Crippen molar-refractivity contribution < 1.29 is 28.9 Å². The van der Waals surface area contributed by atoms with Crippen molar-refractivity contribution >= 4 is 11.9 Å². The van der Waals surface area contributed by atoms with Gasteiger partial charge in [0.15, 0.2) is 0 Å². The largest absolute Gasteiger partial charge is 0.481 e. The van der Waals surface area contributed by atoms with Crippen molar-refractivity contribution in [2.75, 3.05) is 32.9 Å². The number of rotatable bonds is 6.